The molecule has 10 aromatic rings. The van der Waals surface area contributed by atoms with Crippen molar-refractivity contribution in [1.82, 2.24) is 4.57 Å². The van der Waals surface area contributed by atoms with Crippen molar-refractivity contribution in [2.75, 3.05) is 4.90 Å². The van der Waals surface area contributed by atoms with Gasteiger partial charge < -0.3 is 9.47 Å². The summed E-state index contributed by atoms with van der Waals surface area (Å²) in [6.45, 7) is 0. The third kappa shape index (κ3) is 6.04. The van der Waals surface area contributed by atoms with E-state index in [1.165, 1.54) is 66.3 Å². The van der Waals surface area contributed by atoms with Crippen LogP contribution in [-0.4, -0.2) is 4.57 Å². The first-order valence-corrected chi connectivity index (χ1v) is 19.2. The number of nitrogens with zero attached hydrogens (tertiary/aromatic N) is 2. The Morgan fingerprint density at radius 3 is 1.50 bits per heavy atom. The number of fused-ring (bicyclic) bond motifs is 3. The summed E-state index contributed by atoms with van der Waals surface area (Å²) in [5.41, 5.74) is 16.5. The SMILES string of the molecule is c1ccc(-c2ccc(N(c3ccc(-c4cccc(-c5cccc6c5c5ccccc5n6-c5ccccc5)c4)cc3)c3ccccc3-c3ccccc3)cc2)cc1. The van der Waals surface area contributed by atoms with E-state index in [1.54, 1.807) is 0 Å². The van der Waals surface area contributed by atoms with E-state index in [-0.39, 0.29) is 0 Å². The maximum absolute atomic E-state index is 2.38. The lowest BCUT2D eigenvalue weighted by atomic mass is 9.95. The highest BCUT2D eigenvalue weighted by atomic mass is 15.1. The molecular weight excluding hydrogens is 677 g/mol. The van der Waals surface area contributed by atoms with E-state index in [1.807, 2.05) is 0 Å². The Morgan fingerprint density at radius 1 is 0.304 bits per heavy atom. The van der Waals surface area contributed by atoms with Crippen LogP contribution in [0.1, 0.15) is 0 Å². The van der Waals surface area contributed by atoms with Gasteiger partial charge in [0, 0.05) is 33.4 Å². The first kappa shape index (κ1) is 33.2. The number of hydrogen-bond acceptors (Lipinski definition) is 1. The molecule has 1 aromatic heterocycles. The summed E-state index contributed by atoms with van der Waals surface area (Å²) in [6.07, 6.45) is 0. The lowest BCUT2D eigenvalue weighted by molar-refractivity contribution is 1.18. The van der Waals surface area contributed by atoms with E-state index in [9.17, 15) is 0 Å². The Hall–Kier alpha value is -7.42. The van der Waals surface area contributed by atoms with Crippen LogP contribution in [0.2, 0.25) is 0 Å². The van der Waals surface area contributed by atoms with Gasteiger partial charge in [0.1, 0.15) is 0 Å². The third-order valence-electron chi connectivity index (χ3n) is 10.8. The van der Waals surface area contributed by atoms with Crippen molar-refractivity contribution in [2.45, 2.75) is 0 Å². The average molecular weight is 715 g/mol. The molecule has 0 aliphatic heterocycles. The van der Waals surface area contributed by atoms with Gasteiger partial charge in [-0.1, -0.05) is 170 Å². The fourth-order valence-electron chi connectivity index (χ4n) is 8.18. The first-order valence-electron chi connectivity index (χ1n) is 19.2. The van der Waals surface area contributed by atoms with Gasteiger partial charge in [0.15, 0.2) is 0 Å². The zero-order chi connectivity index (χ0) is 37.3. The molecule has 0 fully saturated rings. The molecule has 0 amide bonds. The number of benzene rings is 9. The molecular formula is C54H38N2. The van der Waals surface area contributed by atoms with Gasteiger partial charge in [-0.15, -0.1) is 0 Å². The van der Waals surface area contributed by atoms with Crippen LogP contribution in [-0.2, 0) is 0 Å². The topological polar surface area (TPSA) is 8.17 Å². The van der Waals surface area contributed by atoms with E-state index >= 15 is 0 Å². The van der Waals surface area contributed by atoms with Crippen LogP contribution in [0.4, 0.5) is 17.1 Å². The van der Waals surface area contributed by atoms with Gasteiger partial charge in [0.2, 0.25) is 0 Å². The molecule has 2 heteroatoms. The summed E-state index contributed by atoms with van der Waals surface area (Å²) >= 11 is 0. The fraction of sp³-hybridized carbons (Fsp3) is 0. The zero-order valence-corrected chi connectivity index (χ0v) is 30.8. The Morgan fingerprint density at radius 2 is 0.786 bits per heavy atom. The second kappa shape index (κ2) is 14.4. The van der Waals surface area contributed by atoms with Gasteiger partial charge in [0.05, 0.1) is 16.7 Å². The van der Waals surface area contributed by atoms with Crippen molar-refractivity contribution >= 4 is 38.9 Å². The number of aromatic nitrogens is 1. The molecule has 0 atom stereocenters. The molecule has 1 heterocycles. The van der Waals surface area contributed by atoms with Crippen LogP contribution in [0, 0.1) is 0 Å². The molecule has 0 bridgehead atoms. The Bertz CT molecular complexity index is 2930. The highest BCUT2D eigenvalue weighted by Crippen LogP contribution is 2.43. The van der Waals surface area contributed by atoms with Gasteiger partial charge in [-0.3, -0.25) is 0 Å². The predicted octanol–water partition coefficient (Wildman–Crippen LogP) is 14.9. The molecule has 0 spiro atoms. The molecule has 0 aliphatic carbocycles. The van der Waals surface area contributed by atoms with Gasteiger partial charge in [0.25, 0.3) is 0 Å². The number of rotatable bonds is 8. The molecule has 56 heavy (non-hydrogen) atoms. The summed E-state index contributed by atoms with van der Waals surface area (Å²) in [5.74, 6) is 0. The normalized spacial score (nSPS) is 11.2. The average Bonchev–Trinajstić information content (AvgIpc) is 3.63. The second-order valence-electron chi connectivity index (χ2n) is 14.1. The minimum Gasteiger partial charge on any atom is -0.310 e. The van der Waals surface area contributed by atoms with Crippen LogP contribution < -0.4 is 4.90 Å². The molecule has 0 saturated carbocycles. The van der Waals surface area contributed by atoms with Crippen LogP contribution >= 0.6 is 0 Å². The second-order valence-corrected chi connectivity index (χ2v) is 14.1. The molecule has 10 rings (SSSR count). The Balaban J connectivity index is 1.06. The van der Waals surface area contributed by atoms with Gasteiger partial charge in [-0.2, -0.15) is 0 Å². The van der Waals surface area contributed by atoms with Crippen LogP contribution in [0.15, 0.2) is 231 Å². The summed E-state index contributed by atoms with van der Waals surface area (Å²) < 4.78 is 2.38. The third-order valence-corrected chi connectivity index (χ3v) is 10.8. The molecule has 0 saturated heterocycles. The smallest absolute Gasteiger partial charge is 0.0547 e. The molecule has 264 valence electrons. The highest BCUT2D eigenvalue weighted by Gasteiger charge is 2.19. The molecule has 0 aliphatic rings. The van der Waals surface area contributed by atoms with Crippen molar-refractivity contribution in [3.8, 4) is 50.2 Å². The summed E-state index contributed by atoms with van der Waals surface area (Å²) in [6, 6.07) is 82.9. The van der Waals surface area contributed by atoms with Crippen LogP contribution in [0.25, 0.3) is 72.0 Å². The Kier molecular flexibility index (Phi) is 8.55. The largest absolute Gasteiger partial charge is 0.310 e. The molecule has 9 aromatic carbocycles. The zero-order valence-electron chi connectivity index (χ0n) is 30.8. The Labute approximate surface area is 327 Å². The van der Waals surface area contributed by atoms with Gasteiger partial charge >= 0.3 is 0 Å². The van der Waals surface area contributed by atoms with Crippen LogP contribution in [0.3, 0.4) is 0 Å². The van der Waals surface area contributed by atoms with E-state index in [4.69, 9.17) is 0 Å². The maximum atomic E-state index is 2.38. The lowest BCUT2D eigenvalue weighted by Crippen LogP contribution is -2.11. The van der Waals surface area contributed by atoms with E-state index in [2.05, 4.69) is 240 Å². The van der Waals surface area contributed by atoms with Crippen molar-refractivity contribution < 1.29 is 0 Å². The number of hydrogen-bond donors (Lipinski definition) is 0. The van der Waals surface area contributed by atoms with E-state index in [0.717, 1.165) is 22.7 Å². The van der Waals surface area contributed by atoms with Crippen LogP contribution in [0.5, 0.6) is 0 Å². The van der Waals surface area contributed by atoms with Gasteiger partial charge in [-0.25, -0.2) is 0 Å². The van der Waals surface area contributed by atoms with Gasteiger partial charge in [-0.05, 0) is 99.6 Å². The van der Waals surface area contributed by atoms with Crippen molar-refractivity contribution in [3.05, 3.63) is 231 Å². The number of para-hydroxylation sites is 3. The standard InChI is InChI=1S/C54H38N2/c1-4-16-39(17-5-1)40-30-34-46(35-31-40)55(51-27-12-10-24-48(51)42-18-6-2-7-19-42)47-36-32-41(33-37-47)43-20-14-21-44(38-43)49-26-15-29-53-54(49)50-25-11-13-28-52(50)56(53)45-22-8-3-9-23-45/h1-38H. The minimum absolute atomic E-state index is 1.10. The van der Waals surface area contributed by atoms with E-state index < -0.39 is 0 Å². The molecule has 2 nitrogen and oxygen atoms in total. The molecule has 0 N–H and O–H groups in total. The summed E-state index contributed by atoms with van der Waals surface area (Å²) in [4.78, 5) is 2.38. The quantitative estimate of drug-likeness (QED) is 0.152. The summed E-state index contributed by atoms with van der Waals surface area (Å²) in [5, 5.41) is 2.52. The van der Waals surface area contributed by atoms with Crippen molar-refractivity contribution in [2.24, 2.45) is 0 Å². The summed E-state index contributed by atoms with van der Waals surface area (Å²) in [7, 11) is 0. The number of anilines is 3. The minimum atomic E-state index is 1.10. The monoisotopic (exact) mass is 714 g/mol. The highest BCUT2D eigenvalue weighted by molar-refractivity contribution is 6.15. The van der Waals surface area contributed by atoms with Crippen molar-refractivity contribution in [3.63, 3.8) is 0 Å². The van der Waals surface area contributed by atoms with E-state index in [0.29, 0.717) is 0 Å². The molecule has 0 radical (unpaired) electrons. The fourth-order valence-corrected chi connectivity index (χ4v) is 8.18. The van der Waals surface area contributed by atoms with Crippen molar-refractivity contribution in [1.29, 1.82) is 0 Å². The first-order chi connectivity index (χ1) is 27.8. The lowest BCUT2D eigenvalue weighted by Gasteiger charge is -2.28. The predicted molar refractivity (Wildman–Crippen MR) is 237 cm³/mol. The molecule has 0 unspecified atom stereocenters. The maximum Gasteiger partial charge on any atom is 0.0547 e.